The summed E-state index contributed by atoms with van der Waals surface area (Å²) in [6, 6.07) is 9.77. The molecule has 2 fully saturated rings. The smallest absolute Gasteiger partial charge is 0.267 e. The van der Waals surface area contributed by atoms with E-state index in [9.17, 15) is 18.7 Å². The maximum absolute atomic E-state index is 14.4. The second-order valence-corrected chi connectivity index (χ2v) is 11.9. The van der Waals surface area contributed by atoms with Crippen LogP contribution in [0.15, 0.2) is 47.1 Å². The minimum absolute atomic E-state index is 0. The van der Waals surface area contributed by atoms with Crippen molar-refractivity contribution in [2.45, 2.75) is 57.9 Å². The molecule has 2 aliphatic rings. The summed E-state index contributed by atoms with van der Waals surface area (Å²) in [7, 11) is 0. The molecule has 240 valence electrons. The van der Waals surface area contributed by atoms with Gasteiger partial charge in [0.15, 0.2) is 0 Å². The zero-order chi connectivity index (χ0) is 29.4. The second-order valence-electron chi connectivity index (χ2n) is 11.9. The molecule has 2 aromatic carbocycles. The Balaban J connectivity index is 0.00000221. The molecule has 1 amide bonds. The first kappa shape index (κ1) is 34.0. The Morgan fingerprint density at radius 3 is 2.68 bits per heavy atom. The van der Waals surface area contributed by atoms with E-state index in [1.54, 1.807) is 12.1 Å². The molecule has 0 unspecified atom stereocenters. The van der Waals surface area contributed by atoms with Crippen molar-refractivity contribution in [1.29, 1.82) is 0 Å². The van der Waals surface area contributed by atoms with E-state index in [1.807, 2.05) is 12.1 Å². The number of carbonyl (C=O) groups excluding carboxylic acids is 1. The van der Waals surface area contributed by atoms with Gasteiger partial charge in [0.2, 0.25) is 0 Å². The van der Waals surface area contributed by atoms with Crippen LogP contribution in [0.4, 0.5) is 8.78 Å². The summed E-state index contributed by atoms with van der Waals surface area (Å²) in [6.45, 7) is 9.15. The Morgan fingerprint density at radius 2 is 1.93 bits per heavy atom. The molecule has 2 aliphatic heterocycles. The number of amides is 1. The van der Waals surface area contributed by atoms with Crippen molar-refractivity contribution in [3.63, 3.8) is 0 Å². The van der Waals surface area contributed by atoms with Crippen molar-refractivity contribution < 1.29 is 27.8 Å². The van der Waals surface area contributed by atoms with Crippen LogP contribution in [-0.4, -0.2) is 76.7 Å². The first-order valence-corrected chi connectivity index (χ1v) is 14.8. The van der Waals surface area contributed by atoms with Crippen molar-refractivity contribution in [3.8, 4) is 5.75 Å². The molecular weight excluding hydrogens is 613 g/mol. The highest BCUT2D eigenvalue weighted by Gasteiger charge is 2.29. The number of benzene rings is 2. The van der Waals surface area contributed by atoms with E-state index in [0.717, 1.165) is 75.0 Å². The van der Waals surface area contributed by atoms with Crippen LogP contribution in [0.3, 0.4) is 0 Å². The van der Waals surface area contributed by atoms with Crippen LogP contribution in [0.1, 0.15) is 49.2 Å². The molecule has 4 aromatic rings. The average Bonchev–Trinajstić information content (AvgIpc) is 3.59. The highest BCUT2D eigenvalue weighted by Crippen LogP contribution is 2.30. The number of nitrogens with zero attached hydrogens (tertiary/aromatic N) is 2. The third-order valence-corrected chi connectivity index (χ3v) is 8.88. The van der Waals surface area contributed by atoms with E-state index < -0.39 is 11.6 Å². The number of furan rings is 1. The van der Waals surface area contributed by atoms with Gasteiger partial charge in [-0.15, -0.1) is 24.8 Å². The number of halogens is 4. The number of aromatic amines is 1. The number of hydrogen-bond acceptors (Lipinski definition) is 6. The minimum Gasteiger partial charge on any atom is -0.488 e. The highest BCUT2D eigenvalue weighted by atomic mass is 35.5. The summed E-state index contributed by atoms with van der Waals surface area (Å²) in [4.78, 5) is 21.3. The lowest BCUT2D eigenvalue weighted by atomic mass is 9.95. The van der Waals surface area contributed by atoms with Crippen LogP contribution < -0.4 is 10.1 Å². The van der Waals surface area contributed by atoms with E-state index >= 15 is 0 Å². The summed E-state index contributed by atoms with van der Waals surface area (Å²) in [6.07, 6.45) is 3.80. The van der Waals surface area contributed by atoms with Crippen LogP contribution in [0, 0.1) is 17.6 Å². The lowest BCUT2D eigenvalue weighted by Crippen LogP contribution is -2.52. The molecule has 0 spiro atoms. The standard InChI is InChI=1S/C32H38F2N4O4.2ClH/c1-19-15-38(11-8-28(19)39)20(2)16-37-9-6-23(7-10-37)35-32(40)27-14-24-26(36-27)4-3-5-29(24)41-17-21-18-42-30-13-22(33)12-25(34)31(21)30;;/h3-5,12-14,18-20,23,28,36,39H,6-11,15-17H2,1-2H3,(H,35,40);2*1H/t19-,20-,28-;;/m0../s1. The fraction of sp³-hybridized carbons (Fsp3) is 0.469. The van der Waals surface area contributed by atoms with Crippen LogP contribution >= 0.6 is 24.8 Å². The largest absolute Gasteiger partial charge is 0.488 e. The SMILES string of the molecule is C[C@H]1CN([C@@H](C)CN2CCC(NC(=O)c3cc4c(OCc5coc6cc(F)cc(F)c56)cccc4[nH]3)CC2)CC[C@@H]1O.Cl.Cl. The maximum Gasteiger partial charge on any atom is 0.267 e. The van der Waals surface area contributed by atoms with Gasteiger partial charge in [0.1, 0.15) is 35.3 Å². The minimum atomic E-state index is -0.700. The monoisotopic (exact) mass is 652 g/mol. The molecule has 3 atom stereocenters. The number of aromatic nitrogens is 1. The first-order chi connectivity index (χ1) is 20.2. The van der Waals surface area contributed by atoms with Crippen molar-refractivity contribution >= 4 is 52.6 Å². The van der Waals surface area contributed by atoms with Crippen LogP contribution in [0.2, 0.25) is 0 Å². The molecule has 0 aliphatic carbocycles. The number of aliphatic hydroxyl groups is 1. The van der Waals surface area contributed by atoms with Crippen molar-refractivity contribution in [1.82, 2.24) is 20.1 Å². The Morgan fingerprint density at radius 1 is 1.16 bits per heavy atom. The number of fused-ring (bicyclic) bond motifs is 2. The molecule has 2 aromatic heterocycles. The number of hydrogen-bond donors (Lipinski definition) is 3. The van der Waals surface area contributed by atoms with Gasteiger partial charge >= 0.3 is 0 Å². The van der Waals surface area contributed by atoms with Crippen LogP contribution in [0.5, 0.6) is 5.75 Å². The van der Waals surface area contributed by atoms with Gasteiger partial charge in [-0.05, 0) is 50.3 Å². The van der Waals surface area contributed by atoms with E-state index in [2.05, 4.69) is 33.9 Å². The third-order valence-electron chi connectivity index (χ3n) is 8.88. The molecule has 12 heteroatoms. The molecule has 0 bridgehead atoms. The molecule has 6 rings (SSSR count). The van der Waals surface area contributed by atoms with Gasteiger partial charge in [-0.3, -0.25) is 9.69 Å². The van der Waals surface area contributed by atoms with Gasteiger partial charge in [-0.2, -0.15) is 0 Å². The average molecular weight is 654 g/mol. The zero-order valence-corrected chi connectivity index (χ0v) is 26.5. The summed E-state index contributed by atoms with van der Waals surface area (Å²) in [5, 5.41) is 14.2. The van der Waals surface area contributed by atoms with Gasteiger partial charge in [0.05, 0.1) is 17.8 Å². The highest BCUT2D eigenvalue weighted by molar-refractivity contribution is 5.99. The van der Waals surface area contributed by atoms with Gasteiger partial charge < -0.3 is 29.5 Å². The lowest BCUT2D eigenvalue weighted by molar-refractivity contribution is 0.0115. The predicted molar refractivity (Wildman–Crippen MR) is 171 cm³/mol. The molecule has 2 saturated heterocycles. The van der Waals surface area contributed by atoms with Gasteiger partial charge in [0, 0.05) is 73.4 Å². The van der Waals surface area contributed by atoms with E-state index in [4.69, 9.17) is 9.15 Å². The Bertz CT molecular complexity index is 1570. The lowest BCUT2D eigenvalue weighted by Gasteiger charge is -2.41. The van der Waals surface area contributed by atoms with Gasteiger partial charge in [-0.25, -0.2) is 8.78 Å². The van der Waals surface area contributed by atoms with Gasteiger partial charge in [0.25, 0.3) is 5.91 Å². The van der Waals surface area contributed by atoms with Crippen molar-refractivity contribution in [2.75, 3.05) is 32.7 Å². The predicted octanol–water partition coefficient (Wildman–Crippen LogP) is 5.90. The zero-order valence-electron chi connectivity index (χ0n) is 24.9. The second kappa shape index (κ2) is 14.5. The summed E-state index contributed by atoms with van der Waals surface area (Å²) < 4.78 is 39.2. The topological polar surface area (TPSA) is 94.0 Å². The Kier molecular flexibility index (Phi) is 11.2. The molecule has 8 nitrogen and oxygen atoms in total. The van der Waals surface area contributed by atoms with E-state index in [0.29, 0.717) is 29.0 Å². The number of aliphatic hydroxyl groups excluding tert-OH is 1. The molecule has 0 radical (unpaired) electrons. The van der Waals surface area contributed by atoms with Crippen molar-refractivity contribution in [2.24, 2.45) is 5.92 Å². The maximum atomic E-state index is 14.4. The first-order valence-electron chi connectivity index (χ1n) is 14.8. The number of carbonyl (C=O) groups is 1. The summed E-state index contributed by atoms with van der Waals surface area (Å²) >= 11 is 0. The number of H-pyrrole nitrogens is 1. The van der Waals surface area contributed by atoms with E-state index in [-0.39, 0.29) is 60.4 Å². The van der Waals surface area contributed by atoms with Crippen LogP contribution in [0.25, 0.3) is 21.9 Å². The molecule has 4 heterocycles. The number of piperidine rings is 2. The number of nitrogens with one attached hydrogen (secondary N) is 2. The van der Waals surface area contributed by atoms with Crippen molar-refractivity contribution in [3.05, 3.63) is 65.6 Å². The van der Waals surface area contributed by atoms with E-state index in [1.165, 1.54) is 6.26 Å². The third kappa shape index (κ3) is 7.32. The fourth-order valence-corrected chi connectivity index (χ4v) is 6.36. The molecule has 3 N–H and O–H groups in total. The fourth-order valence-electron chi connectivity index (χ4n) is 6.36. The molecular formula is C32H40Cl2F2N4O4. The quantitative estimate of drug-likeness (QED) is 0.219. The molecule has 44 heavy (non-hydrogen) atoms. The number of ether oxygens (including phenoxy) is 1. The molecule has 0 saturated carbocycles. The number of rotatable bonds is 8. The normalized spacial score (nSPS) is 20.7. The summed E-state index contributed by atoms with van der Waals surface area (Å²) in [5.74, 6) is -0.708. The Hall–Kier alpha value is -2.89. The summed E-state index contributed by atoms with van der Waals surface area (Å²) in [5.41, 5.74) is 1.81. The Labute approximate surface area is 267 Å². The van der Waals surface area contributed by atoms with Crippen LogP contribution in [-0.2, 0) is 6.61 Å². The number of likely N-dealkylation sites (tertiary alicyclic amines) is 2. The van der Waals surface area contributed by atoms with Gasteiger partial charge in [-0.1, -0.05) is 13.0 Å².